The van der Waals surface area contributed by atoms with Crippen molar-refractivity contribution in [3.63, 3.8) is 0 Å². The second kappa shape index (κ2) is 6.42. The number of ether oxygens (including phenoxy) is 1. The molecule has 0 unspecified atom stereocenters. The van der Waals surface area contributed by atoms with E-state index < -0.39 is 5.97 Å². The lowest BCUT2D eigenvalue weighted by molar-refractivity contribution is 0.0697. The predicted octanol–water partition coefficient (Wildman–Crippen LogP) is 2.55. The van der Waals surface area contributed by atoms with Crippen LogP contribution in [0.3, 0.4) is 0 Å². The van der Waals surface area contributed by atoms with Gasteiger partial charge in [-0.1, -0.05) is 0 Å². The fraction of sp³-hybridized carbons (Fsp3) is 0.0667. The largest absolute Gasteiger partial charge is 0.504 e. The number of methoxy groups -OCH3 is 1. The Kier molecular flexibility index (Phi) is 4.40. The van der Waals surface area contributed by atoms with Crippen LogP contribution in [0.1, 0.15) is 15.9 Å². The molecule has 6 heteroatoms. The van der Waals surface area contributed by atoms with Crippen molar-refractivity contribution in [2.24, 2.45) is 5.10 Å². The Morgan fingerprint density at radius 2 is 1.95 bits per heavy atom. The molecule has 2 rings (SSSR count). The van der Waals surface area contributed by atoms with Crippen LogP contribution < -0.4 is 10.2 Å². The van der Waals surface area contributed by atoms with Crippen molar-refractivity contribution in [3.8, 4) is 11.5 Å². The zero-order valence-electron chi connectivity index (χ0n) is 11.3. The van der Waals surface area contributed by atoms with Crippen LogP contribution in [0.4, 0.5) is 5.69 Å². The first-order valence-corrected chi connectivity index (χ1v) is 6.09. The number of phenols is 1. The minimum Gasteiger partial charge on any atom is -0.504 e. The van der Waals surface area contributed by atoms with E-state index in [2.05, 4.69) is 10.5 Å². The van der Waals surface area contributed by atoms with E-state index in [-0.39, 0.29) is 11.3 Å². The van der Waals surface area contributed by atoms with E-state index in [9.17, 15) is 9.90 Å². The zero-order valence-corrected chi connectivity index (χ0v) is 11.3. The third-order valence-corrected chi connectivity index (χ3v) is 2.74. The molecule has 0 bridgehead atoms. The molecule has 0 saturated heterocycles. The van der Waals surface area contributed by atoms with E-state index in [1.165, 1.54) is 25.3 Å². The molecule has 0 saturated carbocycles. The number of rotatable bonds is 5. The SMILES string of the molecule is COc1cc(C=NNc2ccc(C(=O)O)cc2)ccc1O. The summed E-state index contributed by atoms with van der Waals surface area (Å²) in [6, 6.07) is 11.1. The van der Waals surface area contributed by atoms with Crippen molar-refractivity contribution in [2.75, 3.05) is 12.5 Å². The number of hydrazone groups is 1. The maximum atomic E-state index is 10.7. The summed E-state index contributed by atoms with van der Waals surface area (Å²) in [6.45, 7) is 0. The minimum atomic E-state index is -0.971. The molecule has 0 heterocycles. The molecule has 0 aliphatic heterocycles. The molecule has 0 aliphatic carbocycles. The van der Waals surface area contributed by atoms with E-state index in [1.54, 1.807) is 30.5 Å². The van der Waals surface area contributed by atoms with Gasteiger partial charge in [0.1, 0.15) is 0 Å². The second-order valence-electron chi connectivity index (χ2n) is 4.18. The van der Waals surface area contributed by atoms with Crippen LogP contribution in [0.15, 0.2) is 47.6 Å². The average molecular weight is 286 g/mol. The maximum absolute atomic E-state index is 10.7. The first kappa shape index (κ1) is 14.4. The van der Waals surface area contributed by atoms with Crippen LogP contribution in [0, 0.1) is 0 Å². The van der Waals surface area contributed by atoms with Gasteiger partial charge in [0.05, 0.1) is 24.6 Å². The van der Waals surface area contributed by atoms with Crippen LogP contribution in [0.25, 0.3) is 0 Å². The third-order valence-electron chi connectivity index (χ3n) is 2.74. The number of anilines is 1. The van der Waals surface area contributed by atoms with Crippen molar-refractivity contribution in [3.05, 3.63) is 53.6 Å². The van der Waals surface area contributed by atoms with Gasteiger partial charge in [-0.2, -0.15) is 5.10 Å². The van der Waals surface area contributed by atoms with Gasteiger partial charge in [-0.25, -0.2) is 4.79 Å². The number of hydrogen-bond acceptors (Lipinski definition) is 5. The van der Waals surface area contributed by atoms with Gasteiger partial charge in [-0.3, -0.25) is 5.43 Å². The molecule has 108 valence electrons. The summed E-state index contributed by atoms with van der Waals surface area (Å²) in [6.07, 6.45) is 1.56. The van der Waals surface area contributed by atoms with E-state index >= 15 is 0 Å². The van der Waals surface area contributed by atoms with E-state index in [0.717, 1.165) is 5.56 Å². The Morgan fingerprint density at radius 3 is 2.57 bits per heavy atom. The molecular formula is C15H14N2O4. The summed E-state index contributed by atoms with van der Waals surface area (Å²) < 4.78 is 5.00. The molecule has 21 heavy (non-hydrogen) atoms. The zero-order chi connectivity index (χ0) is 15.2. The highest BCUT2D eigenvalue weighted by molar-refractivity contribution is 5.88. The molecule has 2 aromatic rings. The topological polar surface area (TPSA) is 91.2 Å². The van der Waals surface area contributed by atoms with E-state index in [0.29, 0.717) is 11.4 Å². The summed E-state index contributed by atoms with van der Waals surface area (Å²) in [7, 11) is 1.47. The molecule has 0 atom stereocenters. The molecular weight excluding hydrogens is 272 g/mol. The Hall–Kier alpha value is -3.02. The van der Waals surface area contributed by atoms with E-state index in [4.69, 9.17) is 9.84 Å². The van der Waals surface area contributed by atoms with Gasteiger partial charge < -0.3 is 14.9 Å². The molecule has 0 amide bonds. The maximum Gasteiger partial charge on any atom is 0.335 e. The number of aromatic carboxylic acids is 1. The van der Waals surface area contributed by atoms with Gasteiger partial charge in [0.15, 0.2) is 11.5 Å². The normalized spacial score (nSPS) is 10.5. The number of aromatic hydroxyl groups is 1. The highest BCUT2D eigenvalue weighted by Gasteiger charge is 2.02. The van der Waals surface area contributed by atoms with Gasteiger partial charge in [-0.05, 0) is 48.0 Å². The summed E-state index contributed by atoms with van der Waals surface area (Å²) in [4.78, 5) is 10.7. The van der Waals surface area contributed by atoms with Gasteiger partial charge in [0.2, 0.25) is 0 Å². The lowest BCUT2D eigenvalue weighted by Gasteiger charge is -2.04. The monoisotopic (exact) mass is 286 g/mol. The molecule has 0 spiro atoms. The van der Waals surface area contributed by atoms with E-state index in [1.807, 2.05) is 0 Å². The molecule has 0 aliphatic rings. The summed E-state index contributed by atoms with van der Waals surface area (Å²) >= 11 is 0. The van der Waals surface area contributed by atoms with Gasteiger partial charge in [-0.15, -0.1) is 0 Å². The van der Waals surface area contributed by atoms with Crippen LogP contribution in [-0.2, 0) is 0 Å². The van der Waals surface area contributed by atoms with Gasteiger partial charge in [0.25, 0.3) is 0 Å². The summed E-state index contributed by atoms with van der Waals surface area (Å²) in [5.74, 6) is -0.544. The fourth-order valence-electron chi connectivity index (χ4n) is 1.64. The number of carbonyl (C=O) groups is 1. The Labute approximate surface area is 121 Å². The van der Waals surface area contributed by atoms with Gasteiger partial charge >= 0.3 is 5.97 Å². The smallest absolute Gasteiger partial charge is 0.335 e. The van der Waals surface area contributed by atoms with Crippen LogP contribution >= 0.6 is 0 Å². The standard InChI is InChI=1S/C15H14N2O4/c1-21-14-8-10(2-7-13(14)18)9-16-17-12-5-3-11(4-6-12)15(19)20/h2-9,17-18H,1H3,(H,19,20). The number of phenolic OH excluding ortho intramolecular Hbond substituents is 1. The lowest BCUT2D eigenvalue weighted by atomic mass is 10.2. The van der Waals surface area contributed by atoms with Crippen molar-refractivity contribution in [2.45, 2.75) is 0 Å². The number of benzene rings is 2. The molecule has 0 aromatic heterocycles. The quantitative estimate of drug-likeness (QED) is 0.580. The number of carboxylic acid groups (broad SMARTS) is 1. The minimum absolute atomic E-state index is 0.0619. The molecule has 0 radical (unpaired) electrons. The van der Waals surface area contributed by atoms with Crippen molar-refractivity contribution in [1.29, 1.82) is 0 Å². The summed E-state index contributed by atoms with van der Waals surface area (Å²) in [5.41, 5.74) is 4.42. The second-order valence-corrected chi connectivity index (χ2v) is 4.18. The predicted molar refractivity (Wildman–Crippen MR) is 79.3 cm³/mol. The Bertz CT molecular complexity index is 666. The number of nitrogens with zero attached hydrogens (tertiary/aromatic N) is 1. The molecule has 2 aromatic carbocycles. The van der Waals surface area contributed by atoms with Crippen molar-refractivity contribution < 1.29 is 19.7 Å². The molecule has 6 nitrogen and oxygen atoms in total. The van der Waals surface area contributed by atoms with Crippen LogP contribution in [0.2, 0.25) is 0 Å². The highest BCUT2D eigenvalue weighted by atomic mass is 16.5. The van der Waals surface area contributed by atoms with Crippen molar-refractivity contribution in [1.82, 2.24) is 0 Å². The first-order chi connectivity index (χ1) is 10.1. The van der Waals surface area contributed by atoms with Gasteiger partial charge in [0, 0.05) is 0 Å². The molecule has 3 N–H and O–H groups in total. The fourth-order valence-corrected chi connectivity index (χ4v) is 1.64. The third kappa shape index (κ3) is 3.73. The Balaban J connectivity index is 2.03. The number of carboxylic acids is 1. The summed E-state index contributed by atoms with van der Waals surface area (Å²) in [5, 5.41) is 22.3. The van der Waals surface area contributed by atoms with Crippen molar-refractivity contribution >= 4 is 17.9 Å². The lowest BCUT2D eigenvalue weighted by Crippen LogP contribution is -1.96. The Morgan fingerprint density at radius 1 is 1.24 bits per heavy atom. The number of hydrogen-bond donors (Lipinski definition) is 3. The molecule has 0 fully saturated rings. The first-order valence-electron chi connectivity index (χ1n) is 6.09. The average Bonchev–Trinajstić information content (AvgIpc) is 2.49. The van der Waals surface area contributed by atoms with Crippen LogP contribution in [-0.4, -0.2) is 29.5 Å². The van der Waals surface area contributed by atoms with Crippen LogP contribution in [0.5, 0.6) is 11.5 Å². The number of nitrogens with one attached hydrogen (secondary N) is 1. The highest BCUT2D eigenvalue weighted by Crippen LogP contribution is 2.25.